The van der Waals surface area contributed by atoms with Crippen molar-refractivity contribution in [3.05, 3.63) is 54.2 Å². The van der Waals surface area contributed by atoms with Crippen LogP contribution in [0.5, 0.6) is 11.6 Å². The Morgan fingerprint density at radius 1 is 1.21 bits per heavy atom. The van der Waals surface area contributed by atoms with Gasteiger partial charge in [0.25, 0.3) is 5.91 Å². The number of nitrogens with one attached hydrogen (secondary N) is 1. The average molecular weight is 370 g/mol. The molecule has 1 atom stereocenters. The van der Waals surface area contributed by atoms with E-state index in [-0.39, 0.29) is 36.8 Å². The van der Waals surface area contributed by atoms with Gasteiger partial charge in [0, 0.05) is 37.9 Å². The SMILES string of the molecule is C[C@H]1CNCCN1C(=O)c1ccc(Oc2ccccc2)nc1.Cl.Cl. The van der Waals surface area contributed by atoms with Gasteiger partial charge in [-0.15, -0.1) is 24.8 Å². The quantitative estimate of drug-likeness (QED) is 0.902. The van der Waals surface area contributed by atoms with Crippen LogP contribution in [-0.2, 0) is 0 Å². The molecular formula is C17H21Cl2N3O2. The molecule has 3 rings (SSSR count). The third kappa shape index (κ3) is 4.84. The first kappa shape index (κ1) is 20.2. The van der Waals surface area contributed by atoms with E-state index in [1.165, 1.54) is 0 Å². The predicted molar refractivity (Wildman–Crippen MR) is 98.6 cm³/mol. The van der Waals surface area contributed by atoms with Gasteiger partial charge in [-0.1, -0.05) is 18.2 Å². The molecule has 1 fully saturated rings. The van der Waals surface area contributed by atoms with Crippen molar-refractivity contribution in [3.8, 4) is 11.6 Å². The number of ether oxygens (including phenoxy) is 1. The summed E-state index contributed by atoms with van der Waals surface area (Å²) in [4.78, 5) is 18.6. The Labute approximate surface area is 154 Å². The van der Waals surface area contributed by atoms with Gasteiger partial charge in [0.15, 0.2) is 0 Å². The van der Waals surface area contributed by atoms with E-state index in [1.807, 2.05) is 42.2 Å². The van der Waals surface area contributed by atoms with E-state index in [4.69, 9.17) is 4.74 Å². The minimum absolute atomic E-state index is 0. The Hall–Kier alpha value is -1.82. The Bertz CT molecular complexity index is 638. The van der Waals surface area contributed by atoms with E-state index in [9.17, 15) is 4.79 Å². The number of pyridine rings is 1. The fraction of sp³-hybridized carbons (Fsp3) is 0.294. The lowest BCUT2D eigenvalue weighted by Gasteiger charge is -2.33. The Morgan fingerprint density at radius 2 is 1.96 bits per heavy atom. The third-order valence-corrected chi connectivity index (χ3v) is 3.71. The molecule has 24 heavy (non-hydrogen) atoms. The molecule has 1 aliphatic heterocycles. The van der Waals surface area contributed by atoms with Gasteiger partial charge in [0.2, 0.25) is 5.88 Å². The molecule has 5 nitrogen and oxygen atoms in total. The molecule has 1 N–H and O–H groups in total. The fourth-order valence-electron chi connectivity index (χ4n) is 2.49. The number of piperazine rings is 1. The normalized spacial score (nSPS) is 16.5. The number of nitrogens with zero attached hydrogens (tertiary/aromatic N) is 2. The van der Waals surface area contributed by atoms with Crippen LogP contribution in [0.25, 0.3) is 0 Å². The van der Waals surface area contributed by atoms with E-state index in [0.717, 1.165) is 25.4 Å². The maximum Gasteiger partial charge on any atom is 0.255 e. The summed E-state index contributed by atoms with van der Waals surface area (Å²) in [6.07, 6.45) is 1.58. The second kappa shape index (κ2) is 9.47. The Kier molecular flexibility index (Phi) is 7.98. The minimum Gasteiger partial charge on any atom is -0.439 e. The first-order valence-corrected chi connectivity index (χ1v) is 7.44. The highest BCUT2D eigenvalue weighted by Gasteiger charge is 2.24. The van der Waals surface area contributed by atoms with Crippen LogP contribution in [-0.4, -0.2) is 41.5 Å². The first-order valence-electron chi connectivity index (χ1n) is 7.44. The van der Waals surface area contributed by atoms with Gasteiger partial charge in [0.1, 0.15) is 5.75 Å². The molecule has 0 radical (unpaired) electrons. The van der Waals surface area contributed by atoms with Crippen LogP contribution in [0.1, 0.15) is 17.3 Å². The number of hydrogen-bond acceptors (Lipinski definition) is 4. The lowest BCUT2D eigenvalue weighted by Crippen LogP contribution is -2.52. The minimum atomic E-state index is 0. The molecule has 0 spiro atoms. The average Bonchev–Trinajstić information content (AvgIpc) is 2.56. The molecule has 2 heterocycles. The summed E-state index contributed by atoms with van der Waals surface area (Å²) in [6, 6.07) is 13.2. The summed E-state index contributed by atoms with van der Waals surface area (Å²) in [5.41, 5.74) is 0.592. The van der Waals surface area contributed by atoms with Crippen molar-refractivity contribution in [1.82, 2.24) is 15.2 Å². The van der Waals surface area contributed by atoms with Crippen molar-refractivity contribution in [2.24, 2.45) is 0 Å². The molecule has 7 heteroatoms. The van der Waals surface area contributed by atoms with Crippen LogP contribution < -0.4 is 10.1 Å². The molecule has 0 aliphatic carbocycles. The number of rotatable bonds is 3. The molecule has 1 aromatic heterocycles. The van der Waals surface area contributed by atoms with Crippen LogP contribution >= 0.6 is 24.8 Å². The highest BCUT2D eigenvalue weighted by molar-refractivity contribution is 5.94. The Balaban J connectivity index is 0.00000144. The lowest BCUT2D eigenvalue weighted by atomic mass is 10.1. The molecular weight excluding hydrogens is 349 g/mol. The van der Waals surface area contributed by atoms with Crippen molar-refractivity contribution in [2.45, 2.75) is 13.0 Å². The summed E-state index contributed by atoms with van der Waals surface area (Å²) >= 11 is 0. The number of hydrogen-bond donors (Lipinski definition) is 1. The standard InChI is InChI=1S/C17H19N3O2.2ClH/c1-13-11-18-9-10-20(13)17(21)14-7-8-16(19-12-14)22-15-5-3-2-4-6-15;;/h2-8,12-13,18H,9-11H2,1H3;2*1H/t13-;;/m0../s1. The van der Waals surface area contributed by atoms with E-state index in [0.29, 0.717) is 11.4 Å². The highest BCUT2D eigenvalue weighted by atomic mass is 35.5. The lowest BCUT2D eigenvalue weighted by molar-refractivity contribution is 0.0655. The van der Waals surface area contributed by atoms with Gasteiger partial charge in [-0.2, -0.15) is 0 Å². The second-order valence-corrected chi connectivity index (χ2v) is 5.35. The molecule has 1 aromatic carbocycles. The number of amides is 1. The largest absolute Gasteiger partial charge is 0.439 e. The maximum atomic E-state index is 12.5. The number of benzene rings is 1. The fourth-order valence-corrected chi connectivity index (χ4v) is 2.49. The molecule has 1 saturated heterocycles. The Morgan fingerprint density at radius 3 is 2.58 bits per heavy atom. The summed E-state index contributed by atoms with van der Waals surface area (Å²) < 4.78 is 5.63. The summed E-state index contributed by atoms with van der Waals surface area (Å²) in [6.45, 7) is 4.43. The van der Waals surface area contributed by atoms with Gasteiger partial charge >= 0.3 is 0 Å². The first-order chi connectivity index (χ1) is 10.7. The summed E-state index contributed by atoms with van der Waals surface area (Å²) in [5, 5.41) is 3.28. The topological polar surface area (TPSA) is 54.5 Å². The van der Waals surface area contributed by atoms with Crippen molar-refractivity contribution >= 4 is 30.7 Å². The third-order valence-electron chi connectivity index (χ3n) is 3.71. The molecule has 130 valence electrons. The van der Waals surface area contributed by atoms with E-state index in [2.05, 4.69) is 10.3 Å². The van der Waals surface area contributed by atoms with Crippen LogP contribution in [0.15, 0.2) is 48.7 Å². The second-order valence-electron chi connectivity index (χ2n) is 5.35. The number of carbonyl (C=O) groups is 1. The van der Waals surface area contributed by atoms with Crippen molar-refractivity contribution in [2.75, 3.05) is 19.6 Å². The van der Waals surface area contributed by atoms with Crippen LogP contribution in [0.4, 0.5) is 0 Å². The van der Waals surface area contributed by atoms with E-state index < -0.39 is 0 Å². The zero-order valence-electron chi connectivity index (χ0n) is 13.3. The molecule has 0 saturated carbocycles. The maximum absolute atomic E-state index is 12.5. The zero-order chi connectivity index (χ0) is 15.4. The van der Waals surface area contributed by atoms with Crippen molar-refractivity contribution in [1.29, 1.82) is 0 Å². The van der Waals surface area contributed by atoms with E-state index >= 15 is 0 Å². The van der Waals surface area contributed by atoms with Crippen molar-refractivity contribution in [3.63, 3.8) is 0 Å². The molecule has 0 unspecified atom stereocenters. The number of halogens is 2. The van der Waals surface area contributed by atoms with Gasteiger partial charge < -0.3 is 15.0 Å². The zero-order valence-corrected chi connectivity index (χ0v) is 15.0. The van der Waals surface area contributed by atoms with Gasteiger partial charge in [-0.25, -0.2) is 4.98 Å². The molecule has 1 aliphatic rings. The smallest absolute Gasteiger partial charge is 0.255 e. The molecule has 1 amide bonds. The predicted octanol–water partition coefficient (Wildman–Crippen LogP) is 3.15. The van der Waals surface area contributed by atoms with Gasteiger partial charge in [-0.05, 0) is 25.1 Å². The van der Waals surface area contributed by atoms with Crippen molar-refractivity contribution < 1.29 is 9.53 Å². The van der Waals surface area contributed by atoms with Crippen LogP contribution in [0, 0.1) is 0 Å². The van der Waals surface area contributed by atoms with Gasteiger partial charge in [-0.3, -0.25) is 4.79 Å². The summed E-state index contributed by atoms with van der Waals surface area (Å²) in [5.74, 6) is 1.23. The number of aromatic nitrogens is 1. The molecule has 0 bridgehead atoms. The summed E-state index contributed by atoms with van der Waals surface area (Å²) in [7, 11) is 0. The number of para-hydroxylation sites is 1. The highest BCUT2D eigenvalue weighted by Crippen LogP contribution is 2.19. The van der Waals surface area contributed by atoms with Crippen LogP contribution in [0.2, 0.25) is 0 Å². The monoisotopic (exact) mass is 369 g/mol. The van der Waals surface area contributed by atoms with E-state index in [1.54, 1.807) is 18.3 Å². The number of carbonyl (C=O) groups excluding carboxylic acids is 1. The molecule has 2 aromatic rings. The van der Waals surface area contributed by atoms with Crippen LogP contribution in [0.3, 0.4) is 0 Å². The van der Waals surface area contributed by atoms with Gasteiger partial charge in [0.05, 0.1) is 5.56 Å².